The van der Waals surface area contributed by atoms with E-state index in [9.17, 15) is 18.0 Å². The van der Waals surface area contributed by atoms with Crippen LogP contribution in [0, 0.1) is 0 Å². The molecule has 0 fully saturated rings. The summed E-state index contributed by atoms with van der Waals surface area (Å²) in [4.78, 5) is 12.1. The number of amides is 1. The Morgan fingerprint density at radius 3 is 2.20 bits per heavy atom. The lowest BCUT2D eigenvalue weighted by Crippen LogP contribution is -2.14. The number of carbonyl (C=O) groups is 1. The van der Waals surface area contributed by atoms with E-state index < -0.39 is 17.6 Å². The van der Waals surface area contributed by atoms with Gasteiger partial charge in [0, 0.05) is 17.7 Å². The minimum absolute atomic E-state index is 0.0764. The van der Waals surface area contributed by atoms with Crippen molar-refractivity contribution in [2.45, 2.75) is 19.0 Å². The Labute approximate surface area is 143 Å². The minimum Gasteiger partial charge on any atom is -0.496 e. The van der Waals surface area contributed by atoms with Gasteiger partial charge in [0.1, 0.15) is 11.5 Å². The van der Waals surface area contributed by atoms with Crippen LogP contribution in [-0.2, 0) is 17.4 Å². The summed E-state index contributed by atoms with van der Waals surface area (Å²) in [5.74, 6) is 0.782. The number of hydrogen-bond acceptors (Lipinski definition) is 3. The fourth-order valence-electron chi connectivity index (χ4n) is 2.41. The molecule has 25 heavy (non-hydrogen) atoms. The largest absolute Gasteiger partial charge is 0.496 e. The second kappa shape index (κ2) is 7.92. The summed E-state index contributed by atoms with van der Waals surface area (Å²) in [5, 5.41) is 2.48. The summed E-state index contributed by atoms with van der Waals surface area (Å²) in [7, 11) is 3.03. The van der Waals surface area contributed by atoms with Crippen LogP contribution in [0.1, 0.15) is 17.5 Å². The molecule has 2 aromatic rings. The van der Waals surface area contributed by atoms with Crippen LogP contribution < -0.4 is 14.8 Å². The molecule has 1 N–H and O–H groups in total. The van der Waals surface area contributed by atoms with Gasteiger partial charge in [-0.2, -0.15) is 13.2 Å². The lowest BCUT2D eigenvalue weighted by atomic mass is 10.1. The normalized spacial score (nSPS) is 11.1. The number of anilines is 1. The molecule has 0 atom stereocenters. The van der Waals surface area contributed by atoms with Crippen LogP contribution in [0.5, 0.6) is 11.5 Å². The smallest absolute Gasteiger partial charge is 0.416 e. The molecule has 1 amide bonds. The van der Waals surface area contributed by atoms with Crippen molar-refractivity contribution in [2.24, 2.45) is 0 Å². The Bertz CT molecular complexity index is 722. The first-order chi connectivity index (χ1) is 11.8. The highest BCUT2D eigenvalue weighted by molar-refractivity contribution is 5.91. The maximum Gasteiger partial charge on any atom is 0.416 e. The maximum absolute atomic E-state index is 12.7. The first kappa shape index (κ1) is 18.6. The Morgan fingerprint density at radius 2 is 1.64 bits per heavy atom. The summed E-state index contributed by atoms with van der Waals surface area (Å²) in [5.41, 5.74) is 0.0233. The van der Waals surface area contributed by atoms with Crippen LogP contribution in [0.3, 0.4) is 0 Å². The van der Waals surface area contributed by atoms with Gasteiger partial charge in [-0.05, 0) is 36.8 Å². The summed E-state index contributed by atoms with van der Waals surface area (Å²) in [6, 6.07) is 9.80. The lowest BCUT2D eigenvalue weighted by Gasteiger charge is -2.13. The topological polar surface area (TPSA) is 47.6 Å². The van der Waals surface area contributed by atoms with Gasteiger partial charge >= 0.3 is 6.18 Å². The SMILES string of the molecule is COc1cccc(OC)c1CCC(=O)Nc1cccc(C(F)(F)F)c1. The zero-order chi connectivity index (χ0) is 18.4. The predicted molar refractivity (Wildman–Crippen MR) is 87.9 cm³/mol. The molecule has 0 aliphatic carbocycles. The fraction of sp³-hybridized carbons (Fsp3) is 0.278. The van der Waals surface area contributed by atoms with Gasteiger partial charge in [-0.3, -0.25) is 4.79 Å². The van der Waals surface area contributed by atoms with E-state index in [0.717, 1.165) is 17.7 Å². The number of ether oxygens (including phenoxy) is 2. The number of rotatable bonds is 6. The second-order valence-corrected chi connectivity index (χ2v) is 5.27. The molecule has 7 heteroatoms. The van der Waals surface area contributed by atoms with Gasteiger partial charge in [0.15, 0.2) is 0 Å². The summed E-state index contributed by atoms with van der Waals surface area (Å²) >= 11 is 0. The van der Waals surface area contributed by atoms with Gasteiger partial charge < -0.3 is 14.8 Å². The monoisotopic (exact) mass is 353 g/mol. The van der Waals surface area contributed by atoms with Crippen molar-refractivity contribution >= 4 is 11.6 Å². The van der Waals surface area contributed by atoms with Crippen LogP contribution in [0.15, 0.2) is 42.5 Å². The summed E-state index contributed by atoms with van der Waals surface area (Å²) in [6.07, 6.45) is -4.05. The summed E-state index contributed by atoms with van der Waals surface area (Å²) < 4.78 is 48.6. The first-order valence-electron chi connectivity index (χ1n) is 7.52. The highest BCUT2D eigenvalue weighted by atomic mass is 19.4. The van der Waals surface area contributed by atoms with Gasteiger partial charge in [-0.1, -0.05) is 12.1 Å². The van der Waals surface area contributed by atoms with E-state index in [4.69, 9.17) is 9.47 Å². The zero-order valence-corrected chi connectivity index (χ0v) is 13.8. The Balaban J connectivity index is 2.05. The van der Waals surface area contributed by atoms with Crippen molar-refractivity contribution in [3.05, 3.63) is 53.6 Å². The van der Waals surface area contributed by atoms with E-state index in [-0.39, 0.29) is 12.1 Å². The molecule has 0 saturated heterocycles. The molecule has 0 aromatic heterocycles. The molecule has 2 rings (SSSR count). The molecule has 0 spiro atoms. The van der Waals surface area contributed by atoms with Crippen LogP contribution in [0.2, 0.25) is 0 Å². The van der Waals surface area contributed by atoms with E-state index in [1.807, 2.05) is 0 Å². The van der Waals surface area contributed by atoms with E-state index in [1.165, 1.54) is 26.4 Å². The molecule has 134 valence electrons. The first-order valence-corrected chi connectivity index (χ1v) is 7.52. The standard InChI is InChI=1S/C18H18F3NO3/c1-24-15-7-4-8-16(25-2)14(15)9-10-17(23)22-13-6-3-5-12(11-13)18(19,20)21/h3-8,11H,9-10H2,1-2H3,(H,22,23). The number of nitrogens with one attached hydrogen (secondary N) is 1. The van der Waals surface area contributed by atoms with Gasteiger partial charge in [-0.25, -0.2) is 0 Å². The van der Waals surface area contributed by atoms with Gasteiger partial charge in [0.25, 0.3) is 0 Å². The number of benzene rings is 2. The molecule has 0 saturated carbocycles. The molecule has 0 aliphatic heterocycles. The molecule has 0 unspecified atom stereocenters. The lowest BCUT2D eigenvalue weighted by molar-refractivity contribution is -0.137. The van der Waals surface area contributed by atoms with E-state index >= 15 is 0 Å². The van der Waals surface area contributed by atoms with E-state index in [0.29, 0.717) is 17.9 Å². The highest BCUT2D eigenvalue weighted by Gasteiger charge is 2.30. The number of methoxy groups -OCH3 is 2. The van der Waals surface area contributed by atoms with Crippen LogP contribution in [0.4, 0.5) is 18.9 Å². The third-order valence-electron chi connectivity index (χ3n) is 3.61. The van der Waals surface area contributed by atoms with Crippen molar-refractivity contribution in [3.63, 3.8) is 0 Å². The second-order valence-electron chi connectivity index (χ2n) is 5.27. The van der Waals surface area contributed by atoms with Crippen LogP contribution >= 0.6 is 0 Å². The Kier molecular flexibility index (Phi) is 5.90. The molecule has 4 nitrogen and oxygen atoms in total. The molecular weight excluding hydrogens is 335 g/mol. The fourth-order valence-corrected chi connectivity index (χ4v) is 2.41. The predicted octanol–water partition coefficient (Wildman–Crippen LogP) is 4.29. The van der Waals surface area contributed by atoms with Crippen molar-refractivity contribution in [1.82, 2.24) is 0 Å². The average Bonchev–Trinajstić information content (AvgIpc) is 2.59. The van der Waals surface area contributed by atoms with Crippen LogP contribution in [0.25, 0.3) is 0 Å². The summed E-state index contributed by atoms with van der Waals surface area (Å²) in [6.45, 7) is 0. The molecule has 0 aliphatic rings. The Morgan fingerprint density at radius 1 is 1.04 bits per heavy atom. The van der Waals surface area contributed by atoms with E-state index in [1.54, 1.807) is 18.2 Å². The zero-order valence-electron chi connectivity index (χ0n) is 13.8. The average molecular weight is 353 g/mol. The van der Waals surface area contributed by atoms with Crippen molar-refractivity contribution in [3.8, 4) is 11.5 Å². The quantitative estimate of drug-likeness (QED) is 0.843. The molecule has 0 heterocycles. The third-order valence-corrected chi connectivity index (χ3v) is 3.61. The van der Waals surface area contributed by atoms with Gasteiger partial charge in [0.2, 0.25) is 5.91 Å². The Hall–Kier alpha value is -2.70. The van der Waals surface area contributed by atoms with Crippen LogP contribution in [-0.4, -0.2) is 20.1 Å². The highest BCUT2D eigenvalue weighted by Crippen LogP contribution is 2.31. The molecule has 0 bridgehead atoms. The van der Waals surface area contributed by atoms with Crippen molar-refractivity contribution < 1.29 is 27.4 Å². The number of hydrogen-bond donors (Lipinski definition) is 1. The van der Waals surface area contributed by atoms with Crippen molar-refractivity contribution in [2.75, 3.05) is 19.5 Å². The molecular formula is C18H18F3NO3. The van der Waals surface area contributed by atoms with Crippen molar-refractivity contribution in [1.29, 1.82) is 0 Å². The number of halogens is 3. The van der Waals surface area contributed by atoms with Gasteiger partial charge in [0.05, 0.1) is 19.8 Å². The minimum atomic E-state index is -4.45. The number of alkyl halides is 3. The van der Waals surface area contributed by atoms with Gasteiger partial charge in [-0.15, -0.1) is 0 Å². The van der Waals surface area contributed by atoms with E-state index in [2.05, 4.69) is 5.32 Å². The number of carbonyl (C=O) groups excluding carboxylic acids is 1. The molecule has 0 radical (unpaired) electrons. The molecule has 2 aromatic carbocycles. The maximum atomic E-state index is 12.7. The third kappa shape index (κ3) is 4.89.